The monoisotopic (exact) mass is 360 g/mol. The highest BCUT2D eigenvalue weighted by atomic mass is 32.1. The van der Waals surface area contributed by atoms with Crippen molar-refractivity contribution in [2.45, 2.75) is 31.7 Å². The minimum Gasteiger partial charge on any atom is -0.493 e. The lowest BCUT2D eigenvalue weighted by Gasteiger charge is -2.24. The van der Waals surface area contributed by atoms with Crippen molar-refractivity contribution in [2.24, 2.45) is 5.92 Å². The summed E-state index contributed by atoms with van der Waals surface area (Å²) in [4.78, 5) is 13.8. The number of carbonyl (C=O) groups is 1. The quantitative estimate of drug-likeness (QED) is 0.776. The van der Waals surface area contributed by atoms with Crippen LogP contribution in [0.15, 0.2) is 35.7 Å². The van der Waals surface area contributed by atoms with Crippen LogP contribution in [0.3, 0.4) is 0 Å². The first-order valence-corrected chi connectivity index (χ1v) is 9.42. The van der Waals surface area contributed by atoms with Crippen LogP contribution in [0.25, 0.3) is 0 Å². The summed E-state index contributed by atoms with van der Waals surface area (Å²) >= 11 is 1.70. The number of carbonyl (C=O) groups excluding carboxylic acids is 1. The molecule has 5 nitrogen and oxygen atoms in total. The Balaban J connectivity index is 1.69. The van der Waals surface area contributed by atoms with E-state index in [-0.39, 0.29) is 12.1 Å². The molecular formula is C19H24N2O3S. The molecule has 2 aromatic rings. The highest BCUT2D eigenvalue weighted by Gasteiger charge is 2.28. The third kappa shape index (κ3) is 4.25. The molecule has 1 aliphatic rings. The summed E-state index contributed by atoms with van der Waals surface area (Å²) in [7, 11) is 3.17. The molecule has 1 aromatic heterocycles. The second-order valence-corrected chi connectivity index (χ2v) is 7.19. The zero-order chi connectivity index (χ0) is 17.6. The number of nitrogens with one attached hydrogen (secondary N) is 2. The Morgan fingerprint density at radius 3 is 2.56 bits per heavy atom. The number of urea groups is 1. The molecule has 0 aliphatic heterocycles. The fourth-order valence-electron chi connectivity index (χ4n) is 3.40. The summed E-state index contributed by atoms with van der Waals surface area (Å²) < 4.78 is 10.5. The van der Waals surface area contributed by atoms with Crippen LogP contribution in [-0.4, -0.2) is 20.3 Å². The molecule has 1 atom stereocenters. The Morgan fingerprint density at radius 2 is 1.92 bits per heavy atom. The van der Waals surface area contributed by atoms with Crippen LogP contribution >= 0.6 is 11.3 Å². The maximum absolute atomic E-state index is 12.5. The number of rotatable bonds is 6. The third-order valence-electron chi connectivity index (χ3n) is 4.65. The summed E-state index contributed by atoms with van der Waals surface area (Å²) in [5.41, 5.74) is 0.673. The first-order chi connectivity index (χ1) is 12.2. The fourth-order valence-corrected chi connectivity index (χ4v) is 4.27. The molecule has 0 spiro atoms. The predicted molar refractivity (Wildman–Crippen MR) is 101 cm³/mol. The van der Waals surface area contributed by atoms with E-state index < -0.39 is 0 Å². The number of ether oxygens (including phenoxy) is 2. The van der Waals surface area contributed by atoms with E-state index in [0.29, 0.717) is 23.1 Å². The van der Waals surface area contributed by atoms with Gasteiger partial charge in [0, 0.05) is 16.6 Å². The van der Waals surface area contributed by atoms with Crippen molar-refractivity contribution >= 4 is 23.1 Å². The zero-order valence-corrected chi connectivity index (χ0v) is 15.4. The summed E-state index contributed by atoms with van der Waals surface area (Å²) in [5.74, 6) is 1.73. The van der Waals surface area contributed by atoms with Crippen molar-refractivity contribution in [3.8, 4) is 11.5 Å². The molecule has 1 aromatic carbocycles. The zero-order valence-electron chi connectivity index (χ0n) is 14.6. The first kappa shape index (κ1) is 17.6. The van der Waals surface area contributed by atoms with Crippen molar-refractivity contribution < 1.29 is 14.3 Å². The Morgan fingerprint density at radius 1 is 1.16 bits per heavy atom. The average Bonchev–Trinajstić information content (AvgIpc) is 3.33. The smallest absolute Gasteiger partial charge is 0.319 e. The van der Waals surface area contributed by atoms with Gasteiger partial charge in [0.25, 0.3) is 0 Å². The predicted octanol–water partition coefficient (Wildman–Crippen LogP) is 4.82. The van der Waals surface area contributed by atoms with E-state index in [2.05, 4.69) is 22.1 Å². The van der Waals surface area contributed by atoms with Crippen molar-refractivity contribution in [1.82, 2.24) is 5.32 Å². The van der Waals surface area contributed by atoms with Gasteiger partial charge in [-0.2, -0.15) is 0 Å². The molecular weight excluding hydrogens is 336 g/mol. The molecule has 6 heteroatoms. The molecule has 0 saturated heterocycles. The van der Waals surface area contributed by atoms with Gasteiger partial charge in [-0.15, -0.1) is 11.3 Å². The standard InChI is InChI=1S/C19H24N2O3S/c1-23-15-10-9-14(12-16(15)24-2)20-19(22)21-18(13-6-3-4-7-13)17-8-5-11-25-17/h5,8-13,18H,3-4,6-7H2,1-2H3,(H2,20,21,22)/t18-/m0/s1. The van der Waals surface area contributed by atoms with Gasteiger partial charge < -0.3 is 20.1 Å². The van der Waals surface area contributed by atoms with Crippen LogP contribution in [0.1, 0.15) is 36.6 Å². The average molecular weight is 360 g/mol. The van der Waals surface area contributed by atoms with Crippen LogP contribution in [0, 0.1) is 5.92 Å². The lowest BCUT2D eigenvalue weighted by molar-refractivity contribution is 0.243. The van der Waals surface area contributed by atoms with Crippen molar-refractivity contribution in [1.29, 1.82) is 0 Å². The van der Waals surface area contributed by atoms with Crippen LogP contribution in [0.2, 0.25) is 0 Å². The number of hydrogen-bond donors (Lipinski definition) is 2. The van der Waals surface area contributed by atoms with E-state index in [1.54, 1.807) is 43.8 Å². The van der Waals surface area contributed by atoms with Gasteiger partial charge in [-0.3, -0.25) is 0 Å². The van der Waals surface area contributed by atoms with Crippen molar-refractivity contribution in [3.05, 3.63) is 40.6 Å². The lowest BCUT2D eigenvalue weighted by atomic mass is 9.97. The van der Waals surface area contributed by atoms with Gasteiger partial charge in [-0.1, -0.05) is 18.9 Å². The van der Waals surface area contributed by atoms with Gasteiger partial charge in [-0.05, 0) is 42.3 Å². The molecule has 0 radical (unpaired) electrons. The van der Waals surface area contributed by atoms with Gasteiger partial charge in [-0.25, -0.2) is 4.79 Å². The Hall–Kier alpha value is -2.21. The number of hydrogen-bond acceptors (Lipinski definition) is 4. The lowest BCUT2D eigenvalue weighted by Crippen LogP contribution is -2.35. The highest BCUT2D eigenvalue weighted by Crippen LogP contribution is 2.37. The molecule has 1 saturated carbocycles. The van der Waals surface area contributed by atoms with Gasteiger partial charge in [0.2, 0.25) is 0 Å². The fraction of sp³-hybridized carbons (Fsp3) is 0.421. The summed E-state index contributed by atoms with van der Waals surface area (Å²) in [6, 6.07) is 9.35. The molecule has 1 aliphatic carbocycles. The van der Waals surface area contributed by atoms with E-state index in [0.717, 1.165) is 0 Å². The van der Waals surface area contributed by atoms with Gasteiger partial charge in [0.1, 0.15) is 0 Å². The number of anilines is 1. The molecule has 134 valence electrons. The normalized spacial score (nSPS) is 15.6. The Bertz CT molecular complexity index is 697. The maximum atomic E-state index is 12.5. The SMILES string of the molecule is COc1ccc(NC(=O)N[C@H](c2cccs2)C2CCCC2)cc1OC. The van der Waals surface area contributed by atoms with Gasteiger partial charge in [0.05, 0.1) is 20.3 Å². The third-order valence-corrected chi connectivity index (χ3v) is 5.60. The van der Waals surface area contributed by atoms with Crippen molar-refractivity contribution in [2.75, 3.05) is 19.5 Å². The largest absolute Gasteiger partial charge is 0.493 e. The maximum Gasteiger partial charge on any atom is 0.319 e. The van der Waals surface area contributed by atoms with E-state index in [1.165, 1.54) is 30.6 Å². The molecule has 0 bridgehead atoms. The number of amides is 2. The molecule has 1 fully saturated rings. The second-order valence-electron chi connectivity index (χ2n) is 6.21. The molecule has 0 unspecified atom stereocenters. The van der Waals surface area contributed by atoms with Crippen LogP contribution in [-0.2, 0) is 0 Å². The topological polar surface area (TPSA) is 59.6 Å². The summed E-state index contributed by atoms with van der Waals surface area (Å²) in [5, 5.41) is 8.13. The summed E-state index contributed by atoms with van der Waals surface area (Å²) in [6.45, 7) is 0. The Labute approximate surface area is 152 Å². The van der Waals surface area contributed by atoms with E-state index in [1.807, 2.05) is 6.07 Å². The molecule has 2 N–H and O–H groups in total. The van der Waals surface area contributed by atoms with Gasteiger partial charge in [0.15, 0.2) is 11.5 Å². The highest BCUT2D eigenvalue weighted by molar-refractivity contribution is 7.10. The molecule has 3 rings (SSSR count). The minimum atomic E-state index is -0.197. The van der Waals surface area contributed by atoms with E-state index in [9.17, 15) is 4.79 Å². The number of methoxy groups -OCH3 is 2. The van der Waals surface area contributed by atoms with E-state index >= 15 is 0 Å². The molecule has 1 heterocycles. The molecule has 2 amide bonds. The Kier molecular flexibility index (Phi) is 5.81. The number of benzene rings is 1. The molecule has 25 heavy (non-hydrogen) atoms. The van der Waals surface area contributed by atoms with E-state index in [4.69, 9.17) is 9.47 Å². The van der Waals surface area contributed by atoms with Crippen LogP contribution < -0.4 is 20.1 Å². The number of thiophene rings is 1. The van der Waals surface area contributed by atoms with Crippen LogP contribution in [0.5, 0.6) is 11.5 Å². The summed E-state index contributed by atoms with van der Waals surface area (Å²) in [6.07, 6.45) is 4.81. The second kappa shape index (κ2) is 8.25. The van der Waals surface area contributed by atoms with Crippen molar-refractivity contribution in [3.63, 3.8) is 0 Å². The minimum absolute atomic E-state index is 0.0719. The van der Waals surface area contributed by atoms with Crippen LogP contribution in [0.4, 0.5) is 10.5 Å². The van der Waals surface area contributed by atoms with Gasteiger partial charge >= 0.3 is 6.03 Å². The first-order valence-electron chi connectivity index (χ1n) is 8.54.